The molecule has 1 N–H and O–H groups in total. The molecule has 1 atom stereocenters. The van der Waals surface area contributed by atoms with Crippen molar-refractivity contribution in [3.8, 4) is 11.3 Å². The van der Waals surface area contributed by atoms with Crippen LogP contribution in [0.4, 0.5) is 0 Å². The number of imidazole rings is 1. The van der Waals surface area contributed by atoms with Crippen molar-refractivity contribution in [2.45, 2.75) is 39.2 Å². The molecule has 3 aromatic rings. The zero-order chi connectivity index (χ0) is 15.9. The summed E-state index contributed by atoms with van der Waals surface area (Å²) in [5.74, 6) is 0. The highest BCUT2D eigenvalue weighted by Crippen LogP contribution is 2.31. The van der Waals surface area contributed by atoms with Crippen LogP contribution in [0.25, 0.3) is 16.9 Å². The first-order valence-corrected chi connectivity index (χ1v) is 7.64. The molecule has 0 fully saturated rings. The predicted octanol–water partition coefficient (Wildman–Crippen LogP) is 4.35. The van der Waals surface area contributed by atoms with Crippen molar-refractivity contribution in [2.75, 3.05) is 0 Å². The summed E-state index contributed by atoms with van der Waals surface area (Å²) >= 11 is 0. The van der Waals surface area contributed by atoms with Gasteiger partial charge in [-0.3, -0.25) is 0 Å². The van der Waals surface area contributed by atoms with Gasteiger partial charge in [-0.1, -0.05) is 51.1 Å². The van der Waals surface area contributed by atoms with Gasteiger partial charge in [0.1, 0.15) is 5.65 Å². The van der Waals surface area contributed by atoms with Gasteiger partial charge in [0.25, 0.3) is 0 Å². The molecule has 3 rings (SSSR count). The van der Waals surface area contributed by atoms with E-state index >= 15 is 0 Å². The molecule has 2 aromatic heterocycles. The van der Waals surface area contributed by atoms with E-state index < -0.39 is 6.10 Å². The number of pyridine rings is 1. The Morgan fingerprint density at radius 3 is 2.32 bits per heavy atom. The minimum absolute atomic E-state index is 0.130. The first-order valence-electron chi connectivity index (χ1n) is 7.64. The van der Waals surface area contributed by atoms with E-state index in [2.05, 4.69) is 45.0 Å². The predicted molar refractivity (Wildman–Crippen MR) is 90.0 cm³/mol. The summed E-state index contributed by atoms with van der Waals surface area (Å²) in [6.07, 6.45) is 1.37. The van der Waals surface area contributed by atoms with Gasteiger partial charge >= 0.3 is 0 Å². The second kappa shape index (κ2) is 5.25. The van der Waals surface area contributed by atoms with E-state index in [4.69, 9.17) is 4.98 Å². The normalized spacial score (nSPS) is 13.5. The maximum Gasteiger partial charge on any atom is 0.137 e. The molecule has 3 nitrogen and oxygen atoms in total. The molecule has 0 saturated carbocycles. The molecule has 0 bridgehead atoms. The summed E-state index contributed by atoms with van der Waals surface area (Å²) in [5.41, 5.74) is 4.99. The summed E-state index contributed by atoms with van der Waals surface area (Å²) in [6, 6.07) is 14.3. The van der Waals surface area contributed by atoms with Gasteiger partial charge in [0.15, 0.2) is 0 Å². The van der Waals surface area contributed by atoms with Crippen LogP contribution in [0.15, 0.2) is 48.7 Å². The van der Waals surface area contributed by atoms with E-state index in [9.17, 15) is 5.11 Å². The summed E-state index contributed by atoms with van der Waals surface area (Å²) in [6.45, 7) is 8.39. The molecule has 0 aliphatic rings. The van der Waals surface area contributed by atoms with E-state index in [0.717, 1.165) is 22.6 Å². The van der Waals surface area contributed by atoms with Crippen LogP contribution in [0.5, 0.6) is 0 Å². The molecule has 0 saturated heterocycles. The van der Waals surface area contributed by atoms with Gasteiger partial charge in [0.05, 0.1) is 17.5 Å². The number of rotatable bonds is 2. The Bertz CT molecular complexity index is 792. The number of fused-ring (bicyclic) bond motifs is 1. The van der Waals surface area contributed by atoms with E-state index in [1.807, 2.05) is 28.8 Å². The van der Waals surface area contributed by atoms with Crippen molar-refractivity contribution in [3.05, 3.63) is 59.9 Å². The Labute approximate surface area is 131 Å². The molecule has 0 aliphatic carbocycles. The Hall–Kier alpha value is -2.13. The smallest absolute Gasteiger partial charge is 0.137 e. The topological polar surface area (TPSA) is 37.5 Å². The molecule has 0 aliphatic heterocycles. The molecule has 114 valence electrons. The van der Waals surface area contributed by atoms with Crippen molar-refractivity contribution in [3.63, 3.8) is 0 Å². The second-order valence-corrected chi connectivity index (χ2v) is 6.78. The van der Waals surface area contributed by atoms with Crippen LogP contribution in [0.1, 0.15) is 45.1 Å². The zero-order valence-electron chi connectivity index (χ0n) is 13.5. The maximum atomic E-state index is 10.2. The van der Waals surface area contributed by atoms with Gasteiger partial charge in [-0.15, -0.1) is 0 Å². The fraction of sp³-hybridized carbons (Fsp3) is 0.316. The van der Waals surface area contributed by atoms with E-state index in [1.54, 1.807) is 6.92 Å². The average molecular weight is 294 g/mol. The van der Waals surface area contributed by atoms with Crippen LogP contribution in [-0.2, 0) is 5.41 Å². The number of hydrogen-bond donors (Lipinski definition) is 1. The minimum Gasteiger partial charge on any atom is -0.387 e. The van der Waals surface area contributed by atoms with E-state index in [1.165, 1.54) is 5.56 Å². The standard InChI is InChI=1S/C19H22N2O/c1-13(22)18-17(20-16-7-5-6-12-21(16)18)14-8-10-15(11-9-14)19(2,3)4/h5-13,22H,1-4H3. The lowest BCUT2D eigenvalue weighted by Crippen LogP contribution is -2.10. The molecule has 0 amide bonds. The number of hydrogen-bond acceptors (Lipinski definition) is 2. The van der Waals surface area contributed by atoms with Crippen LogP contribution < -0.4 is 0 Å². The molecular formula is C19H22N2O. The number of aliphatic hydroxyl groups excluding tert-OH is 1. The Morgan fingerprint density at radius 2 is 1.73 bits per heavy atom. The lowest BCUT2D eigenvalue weighted by molar-refractivity contribution is 0.194. The monoisotopic (exact) mass is 294 g/mol. The van der Waals surface area contributed by atoms with Crippen LogP contribution >= 0.6 is 0 Å². The van der Waals surface area contributed by atoms with E-state index in [0.29, 0.717) is 0 Å². The Morgan fingerprint density at radius 1 is 1.05 bits per heavy atom. The number of benzene rings is 1. The highest BCUT2D eigenvalue weighted by Gasteiger charge is 2.19. The van der Waals surface area contributed by atoms with Crippen LogP contribution in [0, 0.1) is 0 Å². The quantitative estimate of drug-likeness (QED) is 0.763. The summed E-state index contributed by atoms with van der Waals surface area (Å²) in [7, 11) is 0. The van der Waals surface area contributed by atoms with E-state index in [-0.39, 0.29) is 5.41 Å². The van der Waals surface area contributed by atoms with Crippen LogP contribution in [-0.4, -0.2) is 14.5 Å². The molecule has 0 radical (unpaired) electrons. The minimum atomic E-state index is -0.574. The van der Waals surface area contributed by atoms with Crippen molar-refractivity contribution >= 4 is 5.65 Å². The molecule has 1 unspecified atom stereocenters. The summed E-state index contributed by atoms with van der Waals surface area (Å²) in [5, 5.41) is 10.2. The summed E-state index contributed by atoms with van der Waals surface area (Å²) in [4.78, 5) is 4.70. The average Bonchev–Trinajstić information content (AvgIpc) is 2.86. The van der Waals surface area contributed by atoms with Crippen molar-refractivity contribution < 1.29 is 5.11 Å². The summed E-state index contributed by atoms with van der Waals surface area (Å²) < 4.78 is 1.96. The van der Waals surface area contributed by atoms with Crippen LogP contribution in [0.2, 0.25) is 0 Å². The lowest BCUT2D eigenvalue weighted by atomic mass is 9.86. The highest BCUT2D eigenvalue weighted by molar-refractivity contribution is 5.67. The first-order chi connectivity index (χ1) is 10.4. The Balaban J connectivity index is 2.15. The SMILES string of the molecule is CC(O)c1c(-c2ccc(C(C)(C)C)cc2)nc2ccccn12. The fourth-order valence-corrected chi connectivity index (χ4v) is 2.75. The largest absolute Gasteiger partial charge is 0.387 e. The van der Waals surface area contributed by atoms with Gasteiger partial charge in [-0.2, -0.15) is 0 Å². The van der Waals surface area contributed by atoms with Crippen molar-refractivity contribution in [2.24, 2.45) is 0 Å². The third-order valence-corrected chi connectivity index (χ3v) is 3.99. The molecule has 2 heterocycles. The third kappa shape index (κ3) is 2.53. The first kappa shape index (κ1) is 14.8. The molecule has 22 heavy (non-hydrogen) atoms. The second-order valence-electron chi connectivity index (χ2n) is 6.78. The van der Waals surface area contributed by atoms with Crippen molar-refractivity contribution in [1.82, 2.24) is 9.38 Å². The lowest BCUT2D eigenvalue weighted by Gasteiger charge is -2.19. The van der Waals surface area contributed by atoms with Gasteiger partial charge < -0.3 is 9.51 Å². The third-order valence-electron chi connectivity index (χ3n) is 3.99. The van der Waals surface area contributed by atoms with Gasteiger partial charge in [-0.25, -0.2) is 4.98 Å². The Kier molecular flexibility index (Phi) is 3.53. The number of aromatic nitrogens is 2. The van der Waals surface area contributed by atoms with Gasteiger partial charge in [0.2, 0.25) is 0 Å². The molecule has 1 aromatic carbocycles. The van der Waals surface area contributed by atoms with Crippen LogP contribution in [0.3, 0.4) is 0 Å². The van der Waals surface area contributed by atoms with Crippen molar-refractivity contribution in [1.29, 1.82) is 0 Å². The number of nitrogens with zero attached hydrogens (tertiary/aromatic N) is 2. The van der Waals surface area contributed by atoms with Gasteiger partial charge in [-0.05, 0) is 30.0 Å². The zero-order valence-corrected chi connectivity index (χ0v) is 13.5. The molecule has 0 spiro atoms. The molecular weight excluding hydrogens is 272 g/mol. The molecule has 3 heteroatoms. The van der Waals surface area contributed by atoms with Gasteiger partial charge in [0, 0.05) is 11.8 Å². The maximum absolute atomic E-state index is 10.2. The number of aliphatic hydroxyl groups is 1. The fourth-order valence-electron chi connectivity index (χ4n) is 2.75. The highest BCUT2D eigenvalue weighted by atomic mass is 16.3.